The van der Waals surface area contributed by atoms with Gasteiger partial charge in [-0.3, -0.25) is 0 Å². The van der Waals surface area contributed by atoms with Crippen LogP contribution in [0, 0.1) is 0 Å². The topological polar surface area (TPSA) is 32.8 Å². The summed E-state index contributed by atoms with van der Waals surface area (Å²) in [7, 11) is 0. The molecule has 0 saturated carbocycles. The Morgan fingerprint density at radius 1 is 0.203 bits per heavy atom. The number of rotatable bonds is 9. The maximum absolute atomic E-state index is 6.10. The van der Waals surface area contributed by atoms with Gasteiger partial charge in [-0.1, -0.05) is 133 Å². The number of para-hydroxylation sites is 4. The molecule has 0 aliphatic heterocycles. The van der Waals surface area contributed by atoms with Gasteiger partial charge in [-0.25, -0.2) is 0 Å². The largest absolute Gasteiger partial charge is 0.456 e. The van der Waals surface area contributed by atoms with Crippen molar-refractivity contribution in [3.63, 3.8) is 0 Å². The van der Waals surface area contributed by atoms with Gasteiger partial charge in [0.1, 0.15) is 22.3 Å². The SMILES string of the molecule is c1ccc(N(c2ccc(-c3ccc(N(c4ccccc4)c4ccc(-c5ccc6oc7ccccc7c6c5)cc4)cc3)cc2)c2ccc(-c3ccc4oc5ccccc5c4c3)cc2)cc1. The summed E-state index contributed by atoms with van der Waals surface area (Å²) in [5.74, 6) is 0. The van der Waals surface area contributed by atoms with Crippen LogP contribution in [-0.2, 0) is 0 Å². The standard InChI is InChI=1S/C60H40N2O2/c1-3-11-47(12-4-1)61(51-33-23-43(24-34-51)45-27-37-59-55(39-45)53-15-7-9-17-57(53)63-59)49-29-19-41(20-30-49)42-21-31-50(32-22-42)62(48-13-5-2-6-14-48)52-35-25-44(26-36-52)46-28-38-60-56(40-46)54-16-8-10-18-58(54)64-60/h1-40H. The fraction of sp³-hybridized carbons (Fsp3) is 0. The van der Waals surface area contributed by atoms with E-state index in [2.05, 4.69) is 228 Å². The van der Waals surface area contributed by atoms with E-state index in [0.29, 0.717) is 0 Å². The van der Waals surface area contributed by atoms with E-state index in [-0.39, 0.29) is 0 Å². The second-order valence-electron chi connectivity index (χ2n) is 16.1. The molecule has 12 rings (SSSR count). The predicted molar refractivity (Wildman–Crippen MR) is 267 cm³/mol. The summed E-state index contributed by atoms with van der Waals surface area (Å²) in [6.07, 6.45) is 0. The van der Waals surface area contributed by atoms with Gasteiger partial charge in [-0.2, -0.15) is 0 Å². The lowest BCUT2D eigenvalue weighted by Gasteiger charge is -2.26. The molecule has 4 nitrogen and oxygen atoms in total. The Morgan fingerprint density at radius 3 is 0.828 bits per heavy atom. The number of benzene rings is 10. The van der Waals surface area contributed by atoms with Gasteiger partial charge in [0, 0.05) is 55.7 Å². The summed E-state index contributed by atoms with van der Waals surface area (Å²) in [6.45, 7) is 0. The first-order valence-electron chi connectivity index (χ1n) is 21.6. The number of fused-ring (bicyclic) bond motifs is 6. The van der Waals surface area contributed by atoms with E-state index >= 15 is 0 Å². The van der Waals surface area contributed by atoms with Gasteiger partial charge in [0.05, 0.1) is 0 Å². The Kier molecular flexibility index (Phi) is 9.12. The monoisotopic (exact) mass is 820 g/mol. The molecule has 4 heteroatoms. The fourth-order valence-corrected chi connectivity index (χ4v) is 9.07. The number of hydrogen-bond donors (Lipinski definition) is 0. The maximum atomic E-state index is 6.10. The van der Waals surface area contributed by atoms with Crippen molar-refractivity contribution in [1.29, 1.82) is 0 Å². The van der Waals surface area contributed by atoms with Gasteiger partial charge in [0.2, 0.25) is 0 Å². The van der Waals surface area contributed by atoms with Crippen molar-refractivity contribution in [2.24, 2.45) is 0 Å². The van der Waals surface area contributed by atoms with E-state index in [9.17, 15) is 0 Å². The van der Waals surface area contributed by atoms with E-state index in [4.69, 9.17) is 8.83 Å². The lowest BCUT2D eigenvalue weighted by atomic mass is 10.0. The molecule has 10 aromatic carbocycles. The van der Waals surface area contributed by atoms with Crippen LogP contribution >= 0.6 is 0 Å². The summed E-state index contributed by atoms with van der Waals surface area (Å²) in [4.78, 5) is 4.62. The smallest absolute Gasteiger partial charge is 0.135 e. The normalized spacial score (nSPS) is 11.4. The number of hydrogen-bond acceptors (Lipinski definition) is 4. The molecular weight excluding hydrogens is 781 g/mol. The van der Waals surface area contributed by atoms with Gasteiger partial charge in [-0.05, 0) is 143 Å². The fourth-order valence-electron chi connectivity index (χ4n) is 9.07. The van der Waals surface area contributed by atoms with Gasteiger partial charge >= 0.3 is 0 Å². The third kappa shape index (κ3) is 6.75. The summed E-state index contributed by atoms with van der Waals surface area (Å²) in [5, 5.41) is 4.53. The zero-order chi connectivity index (χ0) is 42.4. The molecule has 0 amide bonds. The third-order valence-corrected chi connectivity index (χ3v) is 12.3. The minimum absolute atomic E-state index is 0.905. The Bertz CT molecular complexity index is 3330. The summed E-state index contributed by atoms with van der Waals surface area (Å²) in [5.41, 5.74) is 17.1. The lowest BCUT2D eigenvalue weighted by Crippen LogP contribution is -2.10. The van der Waals surface area contributed by atoms with Crippen LogP contribution in [0.4, 0.5) is 34.1 Å². The molecule has 302 valence electrons. The zero-order valence-corrected chi connectivity index (χ0v) is 34.8. The van der Waals surface area contributed by atoms with Crippen LogP contribution < -0.4 is 9.80 Å². The zero-order valence-electron chi connectivity index (χ0n) is 34.8. The molecule has 0 unspecified atom stereocenters. The molecule has 0 fully saturated rings. The van der Waals surface area contributed by atoms with Crippen LogP contribution in [0.2, 0.25) is 0 Å². The van der Waals surface area contributed by atoms with Crippen LogP contribution in [0.3, 0.4) is 0 Å². The van der Waals surface area contributed by atoms with E-state index in [1.54, 1.807) is 0 Å². The van der Waals surface area contributed by atoms with E-state index in [0.717, 1.165) is 111 Å². The molecular formula is C60H40N2O2. The van der Waals surface area contributed by atoms with Crippen molar-refractivity contribution < 1.29 is 8.83 Å². The number of nitrogens with zero attached hydrogens (tertiary/aromatic N) is 2. The second kappa shape index (κ2) is 15.7. The molecule has 64 heavy (non-hydrogen) atoms. The van der Waals surface area contributed by atoms with E-state index < -0.39 is 0 Å². The van der Waals surface area contributed by atoms with Crippen molar-refractivity contribution in [2.45, 2.75) is 0 Å². The van der Waals surface area contributed by atoms with Crippen molar-refractivity contribution in [3.05, 3.63) is 243 Å². The van der Waals surface area contributed by atoms with Crippen molar-refractivity contribution in [2.75, 3.05) is 9.80 Å². The maximum Gasteiger partial charge on any atom is 0.135 e. The Morgan fingerprint density at radius 2 is 0.469 bits per heavy atom. The Labute approximate surface area is 371 Å². The predicted octanol–water partition coefficient (Wildman–Crippen LogP) is 17.4. The highest BCUT2D eigenvalue weighted by Crippen LogP contribution is 2.40. The first-order valence-corrected chi connectivity index (χ1v) is 21.6. The quantitative estimate of drug-likeness (QED) is 0.145. The summed E-state index contributed by atoms with van der Waals surface area (Å²) in [6, 6.07) is 85.9. The second-order valence-corrected chi connectivity index (χ2v) is 16.1. The minimum atomic E-state index is 0.905. The van der Waals surface area contributed by atoms with Crippen molar-refractivity contribution >= 4 is 78.0 Å². The molecule has 0 aliphatic rings. The molecule has 0 bridgehead atoms. The van der Waals surface area contributed by atoms with Crippen LogP contribution in [0.25, 0.3) is 77.3 Å². The minimum Gasteiger partial charge on any atom is -0.456 e. The highest BCUT2D eigenvalue weighted by Gasteiger charge is 2.16. The summed E-state index contributed by atoms with van der Waals surface area (Å²) < 4.78 is 12.2. The average molecular weight is 821 g/mol. The van der Waals surface area contributed by atoms with Gasteiger partial charge in [0.15, 0.2) is 0 Å². The van der Waals surface area contributed by atoms with E-state index in [1.165, 1.54) is 0 Å². The Hall–Kier alpha value is -8.60. The van der Waals surface area contributed by atoms with Gasteiger partial charge < -0.3 is 18.6 Å². The Balaban J connectivity index is 0.819. The van der Waals surface area contributed by atoms with Crippen LogP contribution in [0.5, 0.6) is 0 Å². The molecule has 0 aliphatic carbocycles. The molecule has 2 heterocycles. The number of furan rings is 2. The first kappa shape index (κ1) is 37.2. The highest BCUT2D eigenvalue weighted by atomic mass is 16.3. The van der Waals surface area contributed by atoms with Crippen LogP contribution in [0.1, 0.15) is 0 Å². The first-order chi connectivity index (χ1) is 31.7. The van der Waals surface area contributed by atoms with E-state index in [1.807, 2.05) is 24.3 Å². The molecule has 0 atom stereocenters. The van der Waals surface area contributed by atoms with Crippen LogP contribution in [0.15, 0.2) is 251 Å². The lowest BCUT2D eigenvalue weighted by molar-refractivity contribution is 0.668. The number of anilines is 6. The molecule has 0 spiro atoms. The van der Waals surface area contributed by atoms with Gasteiger partial charge in [-0.15, -0.1) is 0 Å². The van der Waals surface area contributed by atoms with Gasteiger partial charge in [0.25, 0.3) is 0 Å². The molecule has 12 aromatic rings. The van der Waals surface area contributed by atoms with Crippen molar-refractivity contribution in [1.82, 2.24) is 0 Å². The molecule has 0 N–H and O–H groups in total. The molecule has 0 saturated heterocycles. The van der Waals surface area contributed by atoms with Crippen molar-refractivity contribution in [3.8, 4) is 33.4 Å². The third-order valence-electron chi connectivity index (χ3n) is 12.3. The highest BCUT2D eigenvalue weighted by molar-refractivity contribution is 6.07. The molecule has 2 aromatic heterocycles. The molecule has 0 radical (unpaired) electrons. The van der Waals surface area contributed by atoms with Crippen LogP contribution in [-0.4, -0.2) is 0 Å². The summed E-state index contributed by atoms with van der Waals surface area (Å²) >= 11 is 0. The average Bonchev–Trinajstić information content (AvgIpc) is 3.94.